The smallest absolute Gasteiger partial charge is 0.186 e. The lowest BCUT2D eigenvalue weighted by Crippen LogP contribution is -2.31. The number of aliphatic hydroxyl groups excluding tert-OH is 3. The van der Waals surface area contributed by atoms with Crippen LogP contribution in [0.1, 0.15) is 22.5 Å². The zero-order valence-electron chi connectivity index (χ0n) is 15.8. The average molecular weight is 390 g/mol. The molecular formula is C23H22N2O4. The fraction of sp³-hybridized carbons (Fsp3) is 0.217. The van der Waals surface area contributed by atoms with Crippen molar-refractivity contribution in [1.29, 1.82) is 0 Å². The standard InChI is InChI=1S/C23H22N2O4/c26-14-21(29)19(27)12-20(28)22-23-17(10-11-24-22)16-8-4-5-9-18(16)25(23)13-15-6-2-1-3-7-15/h1-11,19,21,26-27,29H,12-14H2. The molecule has 0 saturated heterocycles. The predicted molar refractivity (Wildman–Crippen MR) is 111 cm³/mol. The lowest BCUT2D eigenvalue weighted by atomic mass is 10.0. The molecule has 0 aliphatic rings. The van der Waals surface area contributed by atoms with Crippen molar-refractivity contribution in [2.45, 2.75) is 25.2 Å². The maximum absolute atomic E-state index is 12.9. The molecule has 3 N–H and O–H groups in total. The molecule has 2 aromatic heterocycles. The van der Waals surface area contributed by atoms with Gasteiger partial charge < -0.3 is 19.9 Å². The van der Waals surface area contributed by atoms with E-state index in [2.05, 4.69) is 9.55 Å². The van der Waals surface area contributed by atoms with Gasteiger partial charge in [0.2, 0.25) is 0 Å². The molecule has 0 radical (unpaired) electrons. The first-order valence-electron chi connectivity index (χ1n) is 9.50. The van der Waals surface area contributed by atoms with E-state index in [0.29, 0.717) is 12.1 Å². The second-order valence-electron chi connectivity index (χ2n) is 7.09. The first-order chi connectivity index (χ1) is 14.1. The lowest BCUT2D eigenvalue weighted by Gasteiger charge is -2.15. The van der Waals surface area contributed by atoms with Gasteiger partial charge in [-0.1, -0.05) is 48.5 Å². The minimum Gasteiger partial charge on any atom is -0.394 e. The molecule has 2 atom stereocenters. The van der Waals surface area contributed by atoms with E-state index in [-0.39, 0.29) is 17.9 Å². The van der Waals surface area contributed by atoms with Gasteiger partial charge in [0.15, 0.2) is 5.78 Å². The number of nitrogens with zero attached hydrogens (tertiary/aromatic N) is 2. The Morgan fingerprint density at radius 3 is 2.41 bits per heavy atom. The Kier molecular flexibility index (Phi) is 5.40. The molecule has 6 heteroatoms. The number of hydrogen-bond acceptors (Lipinski definition) is 5. The summed E-state index contributed by atoms with van der Waals surface area (Å²) >= 11 is 0. The summed E-state index contributed by atoms with van der Waals surface area (Å²) in [6, 6.07) is 19.8. The van der Waals surface area contributed by atoms with E-state index in [4.69, 9.17) is 5.11 Å². The Balaban J connectivity index is 1.87. The Morgan fingerprint density at radius 2 is 1.66 bits per heavy atom. The van der Waals surface area contributed by atoms with Gasteiger partial charge in [-0.15, -0.1) is 0 Å². The van der Waals surface area contributed by atoms with E-state index in [1.807, 2.05) is 60.7 Å². The van der Waals surface area contributed by atoms with E-state index in [0.717, 1.165) is 21.9 Å². The molecule has 0 aliphatic heterocycles. The number of carbonyl (C=O) groups is 1. The first-order valence-corrected chi connectivity index (χ1v) is 9.50. The van der Waals surface area contributed by atoms with Crippen molar-refractivity contribution < 1.29 is 20.1 Å². The van der Waals surface area contributed by atoms with Crippen LogP contribution in [0.4, 0.5) is 0 Å². The summed E-state index contributed by atoms with van der Waals surface area (Å²) in [4.78, 5) is 17.3. The highest BCUT2D eigenvalue weighted by Crippen LogP contribution is 2.31. The minimum absolute atomic E-state index is 0.249. The molecule has 0 bridgehead atoms. The normalized spacial score (nSPS) is 13.6. The van der Waals surface area contributed by atoms with Crippen molar-refractivity contribution in [2.75, 3.05) is 6.61 Å². The molecule has 148 valence electrons. The summed E-state index contributed by atoms with van der Waals surface area (Å²) in [5.41, 5.74) is 3.03. The van der Waals surface area contributed by atoms with Gasteiger partial charge in [0, 0.05) is 35.5 Å². The maximum Gasteiger partial charge on any atom is 0.186 e. The molecule has 29 heavy (non-hydrogen) atoms. The molecule has 2 unspecified atom stereocenters. The van der Waals surface area contributed by atoms with Crippen LogP contribution >= 0.6 is 0 Å². The van der Waals surface area contributed by atoms with Crippen LogP contribution in [0.2, 0.25) is 0 Å². The summed E-state index contributed by atoms with van der Waals surface area (Å²) in [5, 5.41) is 30.6. The third-order valence-electron chi connectivity index (χ3n) is 5.15. The molecule has 4 rings (SSSR count). The molecule has 0 saturated carbocycles. The average Bonchev–Trinajstić information content (AvgIpc) is 3.07. The quantitative estimate of drug-likeness (QED) is 0.422. The van der Waals surface area contributed by atoms with Crippen LogP contribution in [-0.2, 0) is 6.54 Å². The van der Waals surface area contributed by atoms with E-state index < -0.39 is 18.8 Å². The molecule has 0 amide bonds. The summed E-state index contributed by atoms with van der Waals surface area (Å²) in [5.74, 6) is -0.382. The van der Waals surface area contributed by atoms with Crippen LogP contribution < -0.4 is 0 Å². The Bertz CT molecular complexity index is 1150. The fourth-order valence-corrected chi connectivity index (χ4v) is 3.68. The van der Waals surface area contributed by atoms with Gasteiger partial charge in [-0.2, -0.15) is 0 Å². The Labute approximate surface area is 167 Å². The molecular weight excluding hydrogens is 368 g/mol. The lowest BCUT2D eigenvalue weighted by molar-refractivity contribution is -0.0148. The molecule has 6 nitrogen and oxygen atoms in total. The third kappa shape index (κ3) is 3.65. The molecule has 0 aliphatic carbocycles. The van der Waals surface area contributed by atoms with E-state index in [1.54, 1.807) is 6.20 Å². The van der Waals surface area contributed by atoms with Crippen LogP contribution in [0.5, 0.6) is 0 Å². The van der Waals surface area contributed by atoms with Gasteiger partial charge >= 0.3 is 0 Å². The van der Waals surface area contributed by atoms with Crippen molar-refractivity contribution in [3.8, 4) is 0 Å². The number of para-hydroxylation sites is 1. The topological polar surface area (TPSA) is 95.6 Å². The highest BCUT2D eigenvalue weighted by Gasteiger charge is 2.24. The number of aromatic nitrogens is 2. The number of Topliss-reactive ketones (excluding diaryl/α,β-unsaturated/α-hetero) is 1. The Hall–Kier alpha value is -3.06. The van der Waals surface area contributed by atoms with Crippen LogP contribution in [0, 0.1) is 0 Å². The van der Waals surface area contributed by atoms with Gasteiger partial charge in [0.25, 0.3) is 0 Å². The first kappa shape index (κ1) is 19.3. The highest BCUT2D eigenvalue weighted by molar-refractivity contribution is 6.15. The SMILES string of the molecule is O=C(CC(O)C(O)CO)c1nccc2c3ccccc3n(Cc3ccccc3)c12. The van der Waals surface area contributed by atoms with Gasteiger partial charge in [-0.25, -0.2) is 0 Å². The maximum atomic E-state index is 12.9. The Morgan fingerprint density at radius 1 is 0.931 bits per heavy atom. The number of hydrogen-bond donors (Lipinski definition) is 3. The number of fused-ring (bicyclic) bond motifs is 3. The second kappa shape index (κ2) is 8.13. The van der Waals surface area contributed by atoms with E-state index in [1.165, 1.54) is 0 Å². The number of ketones is 1. The zero-order chi connectivity index (χ0) is 20.4. The van der Waals surface area contributed by atoms with E-state index >= 15 is 0 Å². The summed E-state index contributed by atoms with van der Waals surface area (Å²) in [6.45, 7) is -0.0427. The van der Waals surface area contributed by atoms with Crippen molar-refractivity contribution in [1.82, 2.24) is 9.55 Å². The van der Waals surface area contributed by atoms with Crippen molar-refractivity contribution in [3.05, 3.63) is 78.1 Å². The monoisotopic (exact) mass is 390 g/mol. The number of aliphatic hydroxyl groups is 3. The molecule has 0 spiro atoms. The number of benzene rings is 2. The number of rotatable bonds is 7. The van der Waals surface area contributed by atoms with E-state index in [9.17, 15) is 15.0 Å². The van der Waals surface area contributed by atoms with Gasteiger partial charge in [-0.3, -0.25) is 9.78 Å². The van der Waals surface area contributed by atoms with Crippen molar-refractivity contribution >= 4 is 27.6 Å². The molecule has 0 fully saturated rings. The zero-order valence-corrected chi connectivity index (χ0v) is 15.8. The van der Waals surface area contributed by atoms with Gasteiger partial charge in [-0.05, 0) is 17.7 Å². The van der Waals surface area contributed by atoms with Gasteiger partial charge in [0.1, 0.15) is 11.8 Å². The van der Waals surface area contributed by atoms with Crippen molar-refractivity contribution in [3.63, 3.8) is 0 Å². The largest absolute Gasteiger partial charge is 0.394 e. The molecule has 2 heterocycles. The summed E-state index contributed by atoms with van der Waals surface area (Å²) in [6.07, 6.45) is -1.45. The van der Waals surface area contributed by atoms with Crippen LogP contribution in [0.25, 0.3) is 21.8 Å². The van der Waals surface area contributed by atoms with Crippen LogP contribution in [0.3, 0.4) is 0 Å². The molecule has 4 aromatic rings. The number of pyridine rings is 1. The van der Waals surface area contributed by atoms with Crippen LogP contribution in [-0.4, -0.2) is 49.5 Å². The number of carbonyl (C=O) groups excluding carboxylic acids is 1. The minimum atomic E-state index is -1.37. The van der Waals surface area contributed by atoms with Gasteiger partial charge in [0.05, 0.1) is 18.2 Å². The predicted octanol–water partition coefficient (Wildman–Crippen LogP) is 2.52. The summed E-state index contributed by atoms with van der Waals surface area (Å²) < 4.78 is 2.06. The summed E-state index contributed by atoms with van der Waals surface area (Å²) in [7, 11) is 0. The third-order valence-corrected chi connectivity index (χ3v) is 5.15. The van der Waals surface area contributed by atoms with Crippen LogP contribution in [0.15, 0.2) is 66.9 Å². The van der Waals surface area contributed by atoms with Crippen molar-refractivity contribution in [2.24, 2.45) is 0 Å². The highest BCUT2D eigenvalue weighted by atomic mass is 16.4. The fourth-order valence-electron chi connectivity index (χ4n) is 3.68. The molecule has 2 aromatic carbocycles. The second-order valence-corrected chi connectivity index (χ2v) is 7.09.